The fraction of sp³-hybridized carbons (Fsp3) is 0.611. The average Bonchev–Trinajstić information content (AvgIpc) is 2.97. The molecule has 1 atom stereocenters. The highest BCUT2D eigenvalue weighted by Crippen LogP contribution is 2.44. The van der Waals surface area contributed by atoms with E-state index in [0.717, 1.165) is 19.5 Å². The maximum absolute atomic E-state index is 12.6. The number of carbonyl (C=O) groups excluding carboxylic acids is 1. The van der Waals surface area contributed by atoms with Gasteiger partial charge in [0, 0.05) is 13.1 Å². The van der Waals surface area contributed by atoms with Gasteiger partial charge in [-0.3, -0.25) is 4.79 Å². The van der Waals surface area contributed by atoms with Crippen molar-refractivity contribution in [3.8, 4) is 5.75 Å². The largest absolute Gasteiger partial charge is 0.497 e. The first-order chi connectivity index (χ1) is 10.6. The van der Waals surface area contributed by atoms with Gasteiger partial charge >= 0.3 is 0 Å². The third-order valence-electron chi connectivity index (χ3n) is 5.31. The molecule has 1 aliphatic carbocycles. The summed E-state index contributed by atoms with van der Waals surface area (Å²) in [6, 6.07) is 7.12. The topological polar surface area (TPSA) is 49.8 Å². The Hall–Kier alpha value is -1.55. The summed E-state index contributed by atoms with van der Waals surface area (Å²) in [5.41, 5.74) is 0.927. The SMILES string of the molecule is COc1cccc(C(O)C(=O)N2CCC3(CCCCC3)C2)c1. The van der Waals surface area contributed by atoms with Gasteiger partial charge in [-0.25, -0.2) is 0 Å². The van der Waals surface area contributed by atoms with Gasteiger partial charge in [-0.1, -0.05) is 31.4 Å². The van der Waals surface area contributed by atoms with E-state index in [1.807, 2.05) is 11.0 Å². The lowest BCUT2D eigenvalue weighted by molar-refractivity contribution is -0.140. The van der Waals surface area contributed by atoms with Gasteiger partial charge in [-0.15, -0.1) is 0 Å². The van der Waals surface area contributed by atoms with E-state index in [1.54, 1.807) is 25.3 Å². The van der Waals surface area contributed by atoms with Crippen molar-refractivity contribution in [3.63, 3.8) is 0 Å². The molecule has 120 valence electrons. The molecule has 1 heterocycles. The Bertz CT molecular complexity index is 537. The zero-order valence-corrected chi connectivity index (χ0v) is 13.3. The first kappa shape index (κ1) is 15.3. The van der Waals surface area contributed by atoms with Crippen LogP contribution in [0.15, 0.2) is 24.3 Å². The Morgan fingerprint density at radius 2 is 2.05 bits per heavy atom. The summed E-state index contributed by atoms with van der Waals surface area (Å²) in [6.45, 7) is 1.59. The van der Waals surface area contributed by atoms with E-state index in [2.05, 4.69) is 0 Å². The van der Waals surface area contributed by atoms with E-state index in [0.29, 0.717) is 16.7 Å². The van der Waals surface area contributed by atoms with Gasteiger partial charge < -0.3 is 14.7 Å². The molecule has 1 unspecified atom stereocenters. The van der Waals surface area contributed by atoms with E-state index in [4.69, 9.17) is 4.74 Å². The number of aliphatic hydroxyl groups is 1. The first-order valence-corrected chi connectivity index (χ1v) is 8.24. The molecule has 1 spiro atoms. The highest BCUT2D eigenvalue weighted by Gasteiger charge is 2.41. The van der Waals surface area contributed by atoms with E-state index < -0.39 is 6.10 Å². The first-order valence-electron chi connectivity index (χ1n) is 8.24. The Morgan fingerprint density at radius 3 is 2.77 bits per heavy atom. The van der Waals surface area contributed by atoms with Crippen LogP contribution >= 0.6 is 0 Å². The Morgan fingerprint density at radius 1 is 1.27 bits per heavy atom. The second kappa shape index (κ2) is 6.29. The number of amides is 1. The summed E-state index contributed by atoms with van der Waals surface area (Å²) in [6.07, 6.45) is 6.33. The zero-order chi connectivity index (χ0) is 15.6. The van der Waals surface area contributed by atoms with Crippen LogP contribution in [0.5, 0.6) is 5.75 Å². The van der Waals surface area contributed by atoms with Crippen LogP contribution in [-0.4, -0.2) is 36.1 Å². The maximum atomic E-state index is 12.6. The van der Waals surface area contributed by atoms with Gasteiger partial charge in [0.15, 0.2) is 6.10 Å². The molecular formula is C18H25NO3. The van der Waals surface area contributed by atoms with E-state index >= 15 is 0 Å². The molecule has 3 rings (SSSR count). The number of aliphatic hydroxyl groups excluding tert-OH is 1. The minimum Gasteiger partial charge on any atom is -0.497 e. The quantitative estimate of drug-likeness (QED) is 0.934. The van der Waals surface area contributed by atoms with Gasteiger partial charge in [-0.05, 0) is 42.4 Å². The van der Waals surface area contributed by atoms with Crippen molar-refractivity contribution in [2.75, 3.05) is 20.2 Å². The van der Waals surface area contributed by atoms with Gasteiger partial charge in [0.2, 0.25) is 0 Å². The summed E-state index contributed by atoms with van der Waals surface area (Å²) in [4.78, 5) is 14.5. The summed E-state index contributed by atoms with van der Waals surface area (Å²) in [7, 11) is 1.58. The molecule has 0 aromatic heterocycles. The summed E-state index contributed by atoms with van der Waals surface area (Å²) >= 11 is 0. The lowest BCUT2D eigenvalue weighted by Gasteiger charge is -2.33. The van der Waals surface area contributed by atoms with Crippen molar-refractivity contribution in [1.82, 2.24) is 4.90 Å². The molecule has 2 fully saturated rings. The van der Waals surface area contributed by atoms with Gasteiger partial charge in [0.1, 0.15) is 5.75 Å². The van der Waals surface area contributed by atoms with Crippen LogP contribution in [0.25, 0.3) is 0 Å². The molecule has 1 aromatic carbocycles. The highest BCUT2D eigenvalue weighted by atomic mass is 16.5. The minimum atomic E-state index is -1.09. The zero-order valence-electron chi connectivity index (χ0n) is 13.3. The lowest BCUT2D eigenvalue weighted by atomic mass is 9.73. The standard InChI is InChI=1S/C18H25NO3/c1-22-15-7-5-6-14(12-15)16(20)17(21)19-11-10-18(13-19)8-3-2-4-9-18/h5-7,12,16,20H,2-4,8-11,13H2,1H3. The van der Waals surface area contributed by atoms with Gasteiger partial charge in [0.25, 0.3) is 5.91 Å². The second-order valence-corrected chi connectivity index (χ2v) is 6.75. The molecule has 1 saturated carbocycles. The number of benzene rings is 1. The number of hydrogen-bond acceptors (Lipinski definition) is 3. The molecule has 2 aliphatic rings. The monoisotopic (exact) mass is 303 g/mol. The van der Waals surface area contributed by atoms with Crippen molar-refractivity contribution >= 4 is 5.91 Å². The summed E-state index contributed by atoms with van der Waals surface area (Å²) in [5, 5.41) is 10.4. The number of ether oxygens (including phenoxy) is 1. The van der Waals surface area contributed by atoms with Crippen LogP contribution < -0.4 is 4.74 Å². The number of nitrogens with zero attached hydrogens (tertiary/aromatic N) is 1. The van der Waals surface area contributed by atoms with Crippen LogP contribution in [0, 0.1) is 5.41 Å². The van der Waals surface area contributed by atoms with Crippen LogP contribution in [0.2, 0.25) is 0 Å². The maximum Gasteiger partial charge on any atom is 0.256 e. The Balaban J connectivity index is 1.68. The molecule has 0 bridgehead atoms. The van der Waals surface area contributed by atoms with Crippen molar-refractivity contribution in [2.24, 2.45) is 5.41 Å². The summed E-state index contributed by atoms with van der Waals surface area (Å²) in [5.74, 6) is 0.491. The Kier molecular flexibility index (Phi) is 4.39. The van der Waals surface area contributed by atoms with Crippen LogP contribution in [0.4, 0.5) is 0 Å². The average molecular weight is 303 g/mol. The number of methoxy groups -OCH3 is 1. The minimum absolute atomic E-state index is 0.171. The molecular weight excluding hydrogens is 278 g/mol. The molecule has 1 saturated heterocycles. The van der Waals surface area contributed by atoms with Crippen LogP contribution in [0.1, 0.15) is 50.2 Å². The van der Waals surface area contributed by atoms with E-state index in [9.17, 15) is 9.90 Å². The van der Waals surface area contributed by atoms with Crippen molar-refractivity contribution < 1.29 is 14.6 Å². The number of likely N-dealkylation sites (tertiary alicyclic amines) is 1. The highest BCUT2D eigenvalue weighted by molar-refractivity contribution is 5.82. The molecule has 4 heteroatoms. The molecule has 4 nitrogen and oxygen atoms in total. The van der Waals surface area contributed by atoms with Gasteiger partial charge in [0.05, 0.1) is 7.11 Å². The molecule has 1 N–H and O–H groups in total. The number of hydrogen-bond donors (Lipinski definition) is 1. The van der Waals surface area contributed by atoms with E-state index in [-0.39, 0.29) is 5.91 Å². The molecule has 1 aliphatic heterocycles. The predicted molar refractivity (Wildman–Crippen MR) is 84.7 cm³/mol. The van der Waals surface area contributed by atoms with Crippen molar-refractivity contribution in [1.29, 1.82) is 0 Å². The van der Waals surface area contributed by atoms with E-state index in [1.165, 1.54) is 32.1 Å². The predicted octanol–water partition coefficient (Wildman–Crippen LogP) is 2.91. The lowest BCUT2D eigenvalue weighted by Crippen LogP contribution is -2.36. The fourth-order valence-corrected chi connectivity index (χ4v) is 3.96. The molecule has 22 heavy (non-hydrogen) atoms. The van der Waals surface area contributed by atoms with Crippen LogP contribution in [-0.2, 0) is 4.79 Å². The third kappa shape index (κ3) is 2.98. The number of rotatable bonds is 3. The second-order valence-electron chi connectivity index (χ2n) is 6.75. The fourth-order valence-electron chi connectivity index (χ4n) is 3.96. The van der Waals surface area contributed by atoms with Gasteiger partial charge in [-0.2, -0.15) is 0 Å². The molecule has 0 radical (unpaired) electrons. The normalized spacial score (nSPS) is 21.8. The third-order valence-corrected chi connectivity index (χ3v) is 5.31. The smallest absolute Gasteiger partial charge is 0.256 e. The van der Waals surface area contributed by atoms with Crippen molar-refractivity contribution in [2.45, 2.75) is 44.6 Å². The Labute approximate surface area is 132 Å². The van der Waals surface area contributed by atoms with Crippen molar-refractivity contribution in [3.05, 3.63) is 29.8 Å². The molecule has 1 aromatic rings. The number of carbonyl (C=O) groups is 1. The summed E-state index contributed by atoms with van der Waals surface area (Å²) < 4.78 is 5.16. The van der Waals surface area contributed by atoms with Crippen LogP contribution in [0.3, 0.4) is 0 Å². The molecule has 1 amide bonds.